The number of nitrogens with zero attached hydrogens (tertiary/aromatic N) is 2. The van der Waals surface area contributed by atoms with Gasteiger partial charge in [-0.1, -0.05) is 12.1 Å². The van der Waals surface area contributed by atoms with Gasteiger partial charge in [-0.3, -0.25) is 5.73 Å². The lowest BCUT2D eigenvalue weighted by atomic mass is 9.98. The molecule has 3 aliphatic rings. The van der Waals surface area contributed by atoms with E-state index in [1.54, 1.807) is 40.8 Å². The van der Waals surface area contributed by atoms with Gasteiger partial charge in [0, 0.05) is 38.1 Å². The number of hydrogen-bond acceptors (Lipinski definition) is 8. The molecule has 1 aromatic rings. The van der Waals surface area contributed by atoms with Crippen molar-refractivity contribution in [1.29, 1.82) is 0 Å². The van der Waals surface area contributed by atoms with Crippen molar-refractivity contribution in [2.45, 2.75) is 36.4 Å². The third-order valence-electron chi connectivity index (χ3n) is 6.48. The van der Waals surface area contributed by atoms with Crippen LogP contribution in [-0.4, -0.2) is 58.0 Å². The number of sulfonamides is 1. The van der Waals surface area contributed by atoms with Gasteiger partial charge in [0.15, 0.2) is 0 Å². The van der Waals surface area contributed by atoms with Gasteiger partial charge >= 0.3 is 0 Å². The Bertz CT molecular complexity index is 943. The van der Waals surface area contributed by atoms with Crippen LogP contribution in [0.5, 0.6) is 0 Å². The fourth-order valence-electron chi connectivity index (χ4n) is 4.56. The number of nitrogens with one attached hydrogen (secondary N) is 2. The van der Waals surface area contributed by atoms with Crippen LogP contribution in [0.4, 0.5) is 0 Å². The summed E-state index contributed by atoms with van der Waals surface area (Å²) in [7, 11) is -3.57. The molecule has 2 unspecified atom stereocenters. The van der Waals surface area contributed by atoms with Gasteiger partial charge in [0.1, 0.15) is 5.84 Å². The van der Waals surface area contributed by atoms with Gasteiger partial charge in [-0.2, -0.15) is 4.31 Å². The molecule has 0 aromatic heterocycles. The lowest BCUT2D eigenvalue weighted by Gasteiger charge is -2.33. The molecule has 4 rings (SSSR count). The van der Waals surface area contributed by atoms with Gasteiger partial charge in [0.2, 0.25) is 15.8 Å². The second kappa shape index (κ2) is 9.88. The summed E-state index contributed by atoms with van der Waals surface area (Å²) in [6, 6.07) is 6.56. The average Bonchev–Trinajstić information content (AvgIpc) is 2.80. The summed E-state index contributed by atoms with van der Waals surface area (Å²) in [4.78, 5) is 4.51. The number of hydrogen-bond donors (Lipinski definition) is 4. The van der Waals surface area contributed by atoms with E-state index in [2.05, 4.69) is 15.6 Å². The maximum absolute atomic E-state index is 13.3. The third kappa shape index (κ3) is 5.32. The Labute approximate surface area is 190 Å². The number of ether oxygens (including phenoxy) is 1. The molecule has 10 heteroatoms. The quantitative estimate of drug-likeness (QED) is 0.467. The van der Waals surface area contributed by atoms with Crippen LogP contribution < -0.4 is 22.1 Å². The standard InChI is InChI=1S/C22H34N6O3S/c23-21-7-10-26-22(24,27-21)19-3-5-20(6-4-19)32(29,30)28-11-1-2-18(16-28)15-25-14-17-8-12-31-13-9-17/h3-7,10,17-18,25-26H,1-2,8-9,11-16,24H2,(H2,23,27). The smallest absolute Gasteiger partial charge is 0.243 e. The summed E-state index contributed by atoms with van der Waals surface area (Å²) >= 11 is 0. The van der Waals surface area contributed by atoms with Crippen LogP contribution >= 0.6 is 0 Å². The highest BCUT2D eigenvalue weighted by Crippen LogP contribution is 2.26. The molecule has 2 fully saturated rings. The Morgan fingerprint density at radius 2 is 1.88 bits per heavy atom. The molecular weight excluding hydrogens is 428 g/mol. The van der Waals surface area contributed by atoms with Crippen LogP contribution in [0.3, 0.4) is 0 Å². The van der Waals surface area contributed by atoms with Gasteiger partial charge in [-0.05, 0) is 68.8 Å². The molecule has 2 saturated heterocycles. The maximum atomic E-state index is 13.3. The normalized spacial score (nSPS) is 27.7. The predicted octanol–water partition coefficient (Wildman–Crippen LogP) is 0.647. The zero-order valence-electron chi connectivity index (χ0n) is 18.4. The van der Waals surface area contributed by atoms with Crippen molar-refractivity contribution in [2.75, 3.05) is 39.4 Å². The highest BCUT2D eigenvalue weighted by molar-refractivity contribution is 7.89. The van der Waals surface area contributed by atoms with Crippen LogP contribution in [-0.2, 0) is 20.5 Å². The lowest BCUT2D eigenvalue weighted by Crippen LogP contribution is -2.49. The zero-order chi connectivity index (χ0) is 22.6. The molecule has 0 saturated carbocycles. The van der Waals surface area contributed by atoms with Crippen molar-refractivity contribution < 1.29 is 13.2 Å². The van der Waals surface area contributed by atoms with Gasteiger partial charge < -0.3 is 21.1 Å². The Kier molecular flexibility index (Phi) is 7.16. The molecule has 9 nitrogen and oxygen atoms in total. The summed E-state index contributed by atoms with van der Waals surface area (Å²) in [6.45, 7) is 4.60. The Hall–Kier alpha value is -1.98. The van der Waals surface area contributed by atoms with Crippen LogP contribution in [0.2, 0.25) is 0 Å². The van der Waals surface area contributed by atoms with Crippen LogP contribution in [0.1, 0.15) is 31.2 Å². The van der Waals surface area contributed by atoms with E-state index in [1.807, 2.05) is 0 Å². The molecule has 0 radical (unpaired) electrons. The number of piperidine rings is 1. The second-order valence-electron chi connectivity index (χ2n) is 8.89. The number of nitrogens with two attached hydrogens (primary N) is 2. The second-order valence-corrected chi connectivity index (χ2v) is 10.8. The number of aliphatic imine (C=N–C) groups is 1. The van der Waals surface area contributed by atoms with Crippen molar-refractivity contribution in [2.24, 2.45) is 28.3 Å². The third-order valence-corrected chi connectivity index (χ3v) is 8.36. The molecule has 0 spiro atoms. The molecule has 6 N–H and O–H groups in total. The Balaban J connectivity index is 1.36. The van der Waals surface area contributed by atoms with Crippen molar-refractivity contribution in [1.82, 2.24) is 14.9 Å². The van der Waals surface area contributed by atoms with E-state index >= 15 is 0 Å². The molecule has 3 heterocycles. The average molecular weight is 463 g/mol. The topological polar surface area (TPSA) is 135 Å². The zero-order valence-corrected chi connectivity index (χ0v) is 19.2. The van der Waals surface area contributed by atoms with Crippen molar-refractivity contribution in [3.8, 4) is 0 Å². The summed E-state index contributed by atoms with van der Waals surface area (Å²) in [5.74, 6) is 0.0894. The molecular formula is C22H34N6O3S. The fourth-order valence-corrected chi connectivity index (χ4v) is 6.11. The van der Waals surface area contributed by atoms with E-state index in [9.17, 15) is 8.42 Å². The molecule has 1 aromatic carbocycles. The van der Waals surface area contributed by atoms with Crippen LogP contribution in [0, 0.1) is 11.8 Å². The minimum absolute atomic E-state index is 0.268. The largest absolute Gasteiger partial charge is 0.384 e. The number of rotatable bonds is 7. The lowest BCUT2D eigenvalue weighted by molar-refractivity contribution is 0.0658. The van der Waals surface area contributed by atoms with Crippen molar-refractivity contribution >= 4 is 15.9 Å². The van der Waals surface area contributed by atoms with E-state index in [-0.39, 0.29) is 4.90 Å². The molecule has 0 bridgehead atoms. The summed E-state index contributed by atoms with van der Waals surface area (Å²) < 4.78 is 33.5. The van der Waals surface area contributed by atoms with Gasteiger partial charge in [-0.15, -0.1) is 0 Å². The molecule has 0 aliphatic carbocycles. The highest BCUT2D eigenvalue weighted by atomic mass is 32.2. The summed E-state index contributed by atoms with van der Waals surface area (Å²) in [5.41, 5.74) is 12.7. The van der Waals surface area contributed by atoms with Gasteiger partial charge in [0.25, 0.3) is 0 Å². The van der Waals surface area contributed by atoms with Crippen molar-refractivity contribution in [3.05, 3.63) is 42.1 Å². The summed E-state index contributed by atoms with van der Waals surface area (Å²) in [5, 5.41) is 6.53. The first-order valence-corrected chi connectivity index (χ1v) is 12.8. The monoisotopic (exact) mass is 462 g/mol. The first kappa shape index (κ1) is 23.2. The molecule has 0 amide bonds. The van der Waals surface area contributed by atoms with E-state index in [1.165, 1.54) is 0 Å². The number of benzene rings is 1. The Morgan fingerprint density at radius 3 is 2.59 bits per heavy atom. The van der Waals surface area contributed by atoms with E-state index in [0.717, 1.165) is 52.0 Å². The highest BCUT2D eigenvalue weighted by Gasteiger charge is 2.32. The number of amidine groups is 1. The SMILES string of the molecule is NC1=NC(N)(c2ccc(S(=O)(=O)N3CCCC(CNCC4CCOCC4)C3)cc2)NC=C1. The Morgan fingerprint density at radius 1 is 1.16 bits per heavy atom. The minimum atomic E-state index is -3.57. The first-order valence-electron chi connectivity index (χ1n) is 11.3. The molecule has 32 heavy (non-hydrogen) atoms. The van der Waals surface area contributed by atoms with Crippen LogP contribution in [0.25, 0.3) is 0 Å². The molecule has 3 aliphatic heterocycles. The molecule has 176 valence electrons. The minimum Gasteiger partial charge on any atom is -0.384 e. The van der Waals surface area contributed by atoms with Gasteiger partial charge in [-0.25, -0.2) is 13.4 Å². The summed E-state index contributed by atoms with van der Waals surface area (Å²) in [6.07, 6.45) is 7.37. The van der Waals surface area contributed by atoms with E-state index in [4.69, 9.17) is 16.2 Å². The van der Waals surface area contributed by atoms with Gasteiger partial charge in [0.05, 0.1) is 4.90 Å². The fraction of sp³-hybridized carbons (Fsp3) is 0.591. The first-order chi connectivity index (χ1) is 15.4. The van der Waals surface area contributed by atoms with Crippen molar-refractivity contribution in [3.63, 3.8) is 0 Å². The van der Waals surface area contributed by atoms with Crippen LogP contribution in [0.15, 0.2) is 46.4 Å². The van der Waals surface area contributed by atoms with E-state index < -0.39 is 15.8 Å². The predicted molar refractivity (Wildman–Crippen MR) is 124 cm³/mol. The maximum Gasteiger partial charge on any atom is 0.243 e. The molecule has 2 atom stereocenters. The van der Waals surface area contributed by atoms with E-state index in [0.29, 0.717) is 36.3 Å².